The number of nitrogens with one attached hydrogen (secondary N) is 2. The summed E-state index contributed by atoms with van der Waals surface area (Å²) < 4.78 is 0. The number of benzene rings is 1. The van der Waals surface area contributed by atoms with Crippen molar-refractivity contribution in [3.8, 4) is 0 Å². The van der Waals surface area contributed by atoms with Crippen LogP contribution < -0.4 is 5.32 Å². The monoisotopic (exact) mass is 352 g/mol. The minimum atomic E-state index is -0.622. The van der Waals surface area contributed by atoms with Crippen LogP contribution in [0, 0.1) is 6.92 Å². The van der Waals surface area contributed by atoms with Crippen LogP contribution in [0.1, 0.15) is 43.1 Å². The van der Waals surface area contributed by atoms with Crippen LogP contribution in [0.3, 0.4) is 0 Å². The summed E-state index contributed by atoms with van der Waals surface area (Å²) in [6, 6.07) is 7.78. The van der Waals surface area contributed by atoms with Gasteiger partial charge in [0.1, 0.15) is 0 Å². The van der Waals surface area contributed by atoms with E-state index in [0.29, 0.717) is 13.0 Å². The predicted octanol–water partition coefficient (Wildman–Crippen LogP) is 2.55. The lowest BCUT2D eigenvalue weighted by Crippen LogP contribution is -2.49. The Labute approximate surface area is 153 Å². The smallest absolute Gasteiger partial charge is 0.237 e. The number of para-hydroxylation sites is 1. The molecule has 1 aromatic heterocycles. The first kappa shape index (κ1) is 16.8. The molecule has 2 aromatic rings. The maximum Gasteiger partial charge on any atom is 0.237 e. The van der Waals surface area contributed by atoms with Crippen LogP contribution >= 0.6 is 0 Å². The fourth-order valence-electron chi connectivity index (χ4n) is 4.59. The predicted molar refractivity (Wildman–Crippen MR) is 98.8 cm³/mol. The van der Waals surface area contributed by atoms with Gasteiger partial charge in [-0.15, -0.1) is 0 Å². The second kappa shape index (κ2) is 6.27. The Morgan fingerprint density at radius 2 is 2.19 bits per heavy atom. The molecule has 2 atom stereocenters. The minimum absolute atomic E-state index is 0.0309. The molecule has 0 aliphatic carbocycles. The Morgan fingerprint density at radius 3 is 2.92 bits per heavy atom. The number of nitrogens with zero attached hydrogens (tertiary/aromatic N) is 2. The van der Waals surface area contributed by atoms with Gasteiger partial charge >= 0.3 is 0 Å². The fourth-order valence-corrected chi connectivity index (χ4v) is 4.59. The van der Waals surface area contributed by atoms with Crippen molar-refractivity contribution in [2.45, 2.75) is 51.0 Å². The molecule has 0 unspecified atom stereocenters. The van der Waals surface area contributed by atoms with Crippen molar-refractivity contribution in [2.75, 3.05) is 11.9 Å². The first-order valence-electron chi connectivity index (χ1n) is 9.27. The van der Waals surface area contributed by atoms with Crippen LogP contribution in [0.5, 0.6) is 0 Å². The van der Waals surface area contributed by atoms with Crippen molar-refractivity contribution >= 4 is 17.5 Å². The highest BCUT2D eigenvalue weighted by Gasteiger charge is 2.58. The average molecular weight is 352 g/mol. The number of H-pyrrole nitrogens is 1. The van der Waals surface area contributed by atoms with Gasteiger partial charge in [0.25, 0.3) is 0 Å². The van der Waals surface area contributed by atoms with E-state index in [1.165, 1.54) is 0 Å². The lowest BCUT2D eigenvalue weighted by molar-refractivity contribution is -0.132. The van der Waals surface area contributed by atoms with E-state index in [4.69, 9.17) is 0 Å². The van der Waals surface area contributed by atoms with E-state index in [1.54, 1.807) is 6.33 Å². The summed E-state index contributed by atoms with van der Waals surface area (Å²) in [5, 5.41) is 3.04. The van der Waals surface area contributed by atoms with Gasteiger partial charge < -0.3 is 15.2 Å². The fraction of sp³-hybridized carbons (Fsp3) is 0.450. The van der Waals surface area contributed by atoms with Crippen LogP contribution in [0.4, 0.5) is 5.69 Å². The molecule has 2 aliphatic rings. The maximum absolute atomic E-state index is 13.0. The van der Waals surface area contributed by atoms with Gasteiger partial charge in [0, 0.05) is 17.9 Å². The second-order valence-electron chi connectivity index (χ2n) is 7.26. The number of carbonyl (C=O) groups excluding carboxylic acids is 2. The summed E-state index contributed by atoms with van der Waals surface area (Å²) in [5.41, 5.74) is 3.00. The number of aromatic nitrogens is 2. The number of carbonyl (C=O) groups is 2. The number of anilines is 1. The molecule has 0 radical (unpaired) electrons. The van der Waals surface area contributed by atoms with Gasteiger partial charge in [0.2, 0.25) is 11.8 Å². The molecule has 1 aromatic carbocycles. The van der Waals surface area contributed by atoms with Crippen LogP contribution in [-0.2, 0) is 21.4 Å². The number of rotatable bonds is 4. The van der Waals surface area contributed by atoms with Gasteiger partial charge in [-0.25, -0.2) is 4.98 Å². The van der Waals surface area contributed by atoms with Gasteiger partial charge in [-0.05, 0) is 31.4 Å². The van der Waals surface area contributed by atoms with E-state index in [2.05, 4.69) is 22.2 Å². The zero-order valence-electron chi connectivity index (χ0n) is 15.2. The summed E-state index contributed by atoms with van der Waals surface area (Å²) in [7, 11) is 0. The molecule has 6 nitrogen and oxygen atoms in total. The van der Waals surface area contributed by atoms with Crippen molar-refractivity contribution < 1.29 is 9.59 Å². The third-order valence-corrected chi connectivity index (χ3v) is 5.89. The Morgan fingerprint density at radius 1 is 1.38 bits per heavy atom. The van der Waals surface area contributed by atoms with Gasteiger partial charge in [-0.2, -0.15) is 0 Å². The lowest BCUT2D eigenvalue weighted by atomic mass is 9.73. The molecule has 0 saturated carbocycles. The summed E-state index contributed by atoms with van der Waals surface area (Å²) in [6.45, 7) is 4.63. The van der Waals surface area contributed by atoms with Crippen molar-refractivity contribution in [1.82, 2.24) is 14.9 Å². The second-order valence-corrected chi connectivity index (χ2v) is 7.26. The van der Waals surface area contributed by atoms with Crippen LogP contribution in [0.15, 0.2) is 30.6 Å². The van der Waals surface area contributed by atoms with Gasteiger partial charge in [0.05, 0.1) is 29.9 Å². The number of likely N-dealkylation sites (tertiary alicyclic amines) is 1. The van der Waals surface area contributed by atoms with E-state index in [-0.39, 0.29) is 24.3 Å². The summed E-state index contributed by atoms with van der Waals surface area (Å²) in [5.74, 6) is 0.0797. The Hall–Kier alpha value is -2.63. The SMILES string of the molecule is CCC[C@@H]1N(C(=O)Cc2nc[nH]c2C)CC[C@]12C(=O)Nc1ccccc12. The molecule has 2 N–H and O–H groups in total. The number of amides is 2. The molecule has 2 aliphatic heterocycles. The van der Waals surface area contributed by atoms with E-state index in [0.717, 1.165) is 35.5 Å². The van der Waals surface area contributed by atoms with Crippen molar-refractivity contribution in [3.05, 3.63) is 47.5 Å². The molecule has 1 fully saturated rings. The van der Waals surface area contributed by atoms with Gasteiger partial charge in [0.15, 0.2) is 0 Å². The molecule has 2 amide bonds. The summed E-state index contributed by atoms with van der Waals surface area (Å²) in [6.07, 6.45) is 4.30. The topological polar surface area (TPSA) is 78.1 Å². The molecule has 1 spiro atoms. The highest BCUT2D eigenvalue weighted by molar-refractivity contribution is 6.07. The average Bonchev–Trinajstić information content (AvgIpc) is 3.28. The Kier molecular flexibility index (Phi) is 4.05. The largest absolute Gasteiger partial charge is 0.348 e. The zero-order chi connectivity index (χ0) is 18.3. The van der Waals surface area contributed by atoms with Crippen molar-refractivity contribution in [1.29, 1.82) is 0 Å². The van der Waals surface area contributed by atoms with E-state index < -0.39 is 5.41 Å². The quantitative estimate of drug-likeness (QED) is 0.888. The molecule has 1 saturated heterocycles. The Bertz CT molecular complexity index is 859. The third-order valence-electron chi connectivity index (χ3n) is 5.89. The first-order chi connectivity index (χ1) is 12.6. The van der Waals surface area contributed by atoms with Crippen LogP contribution in [0.25, 0.3) is 0 Å². The highest BCUT2D eigenvalue weighted by Crippen LogP contribution is 2.49. The zero-order valence-corrected chi connectivity index (χ0v) is 15.2. The molecule has 26 heavy (non-hydrogen) atoms. The third kappa shape index (κ3) is 2.35. The van der Waals surface area contributed by atoms with E-state index in [9.17, 15) is 9.59 Å². The van der Waals surface area contributed by atoms with E-state index >= 15 is 0 Å². The molecule has 6 heteroatoms. The number of aryl methyl sites for hydroxylation is 1. The van der Waals surface area contributed by atoms with Gasteiger partial charge in [-0.1, -0.05) is 31.5 Å². The summed E-state index contributed by atoms with van der Waals surface area (Å²) >= 11 is 0. The molecule has 3 heterocycles. The summed E-state index contributed by atoms with van der Waals surface area (Å²) in [4.78, 5) is 35.3. The standard InChI is InChI=1S/C20H24N4O2/c1-3-6-17-20(14-7-4-5-8-15(14)23-19(20)26)9-10-24(17)18(25)11-16-13(2)21-12-22-16/h4-5,7-8,12,17H,3,6,9-11H2,1-2H3,(H,21,22)(H,23,26)/t17-,20+/m0/s1. The number of hydrogen-bond donors (Lipinski definition) is 2. The van der Waals surface area contributed by atoms with Crippen molar-refractivity contribution in [3.63, 3.8) is 0 Å². The van der Waals surface area contributed by atoms with Gasteiger partial charge in [-0.3, -0.25) is 9.59 Å². The normalized spacial score (nSPS) is 24.2. The maximum atomic E-state index is 13.0. The minimum Gasteiger partial charge on any atom is -0.348 e. The molecular weight excluding hydrogens is 328 g/mol. The molecule has 4 rings (SSSR count). The number of fused-ring (bicyclic) bond motifs is 2. The first-order valence-corrected chi connectivity index (χ1v) is 9.27. The van der Waals surface area contributed by atoms with E-state index in [1.807, 2.05) is 36.1 Å². The Balaban J connectivity index is 1.68. The lowest BCUT2D eigenvalue weighted by Gasteiger charge is -2.34. The molecular formula is C20H24N4O2. The highest BCUT2D eigenvalue weighted by atomic mass is 16.2. The number of hydrogen-bond acceptors (Lipinski definition) is 3. The molecule has 0 bridgehead atoms. The number of aromatic amines is 1. The van der Waals surface area contributed by atoms with Crippen LogP contribution in [0.2, 0.25) is 0 Å². The van der Waals surface area contributed by atoms with Crippen molar-refractivity contribution in [2.24, 2.45) is 0 Å². The number of imidazole rings is 1. The van der Waals surface area contributed by atoms with Crippen LogP contribution in [-0.4, -0.2) is 39.3 Å². The molecule has 136 valence electrons.